The summed E-state index contributed by atoms with van der Waals surface area (Å²) in [4.78, 5) is 8.68. The minimum absolute atomic E-state index is 0.314. The molecule has 0 spiro atoms. The highest BCUT2D eigenvalue weighted by Crippen LogP contribution is 2.31. The van der Waals surface area contributed by atoms with E-state index in [2.05, 4.69) is 41.3 Å². The van der Waals surface area contributed by atoms with E-state index < -0.39 is 6.36 Å². The van der Waals surface area contributed by atoms with Gasteiger partial charge < -0.3 is 15.4 Å². The second kappa shape index (κ2) is 8.05. The Kier molecular flexibility index (Phi) is 5.73. The van der Waals surface area contributed by atoms with Gasteiger partial charge in [0.2, 0.25) is 5.95 Å². The minimum atomic E-state index is -4.76. The fourth-order valence-electron chi connectivity index (χ4n) is 2.48. The van der Waals surface area contributed by atoms with Crippen molar-refractivity contribution in [1.29, 1.82) is 0 Å². The first-order valence-electron chi connectivity index (χ1n) is 8.20. The SMILES string of the molecule is CNc1nc(Nc2ccc(C)cc2Br)cc(-c2cccc(OC(F)(F)F)c2)n1. The summed E-state index contributed by atoms with van der Waals surface area (Å²) < 4.78 is 42.3. The molecule has 3 rings (SSSR count). The summed E-state index contributed by atoms with van der Waals surface area (Å²) in [6.45, 7) is 1.98. The van der Waals surface area contributed by atoms with Gasteiger partial charge in [0.05, 0.1) is 11.4 Å². The number of rotatable bonds is 5. The Morgan fingerprint density at radius 3 is 2.50 bits per heavy atom. The smallest absolute Gasteiger partial charge is 0.406 e. The predicted octanol–water partition coefficient (Wildman–Crippen LogP) is 5.90. The van der Waals surface area contributed by atoms with Gasteiger partial charge in [-0.15, -0.1) is 13.2 Å². The Morgan fingerprint density at radius 2 is 1.82 bits per heavy atom. The highest BCUT2D eigenvalue weighted by Gasteiger charge is 2.31. The molecule has 0 amide bonds. The van der Waals surface area contributed by atoms with E-state index in [1.54, 1.807) is 19.2 Å². The van der Waals surface area contributed by atoms with Crippen molar-refractivity contribution in [2.45, 2.75) is 13.3 Å². The van der Waals surface area contributed by atoms with Gasteiger partial charge in [-0.2, -0.15) is 4.98 Å². The number of benzene rings is 2. The Hall–Kier alpha value is -2.81. The van der Waals surface area contributed by atoms with E-state index in [0.717, 1.165) is 15.7 Å². The highest BCUT2D eigenvalue weighted by molar-refractivity contribution is 9.10. The van der Waals surface area contributed by atoms with Crippen molar-refractivity contribution in [3.8, 4) is 17.0 Å². The van der Waals surface area contributed by atoms with Gasteiger partial charge in [-0.3, -0.25) is 0 Å². The average Bonchev–Trinajstić information content (AvgIpc) is 2.62. The largest absolute Gasteiger partial charge is 0.573 e. The van der Waals surface area contributed by atoms with Crippen molar-refractivity contribution in [3.05, 3.63) is 58.6 Å². The van der Waals surface area contributed by atoms with Crippen LogP contribution < -0.4 is 15.4 Å². The van der Waals surface area contributed by atoms with Gasteiger partial charge >= 0.3 is 6.36 Å². The van der Waals surface area contributed by atoms with Crippen LogP contribution in [0, 0.1) is 6.92 Å². The fraction of sp³-hybridized carbons (Fsp3) is 0.158. The summed E-state index contributed by atoms with van der Waals surface area (Å²) in [7, 11) is 1.66. The van der Waals surface area contributed by atoms with Gasteiger partial charge in [0.15, 0.2) is 0 Å². The second-order valence-corrected chi connectivity index (χ2v) is 6.75. The predicted molar refractivity (Wildman–Crippen MR) is 106 cm³/mol. The summed E-state index contributed by atoms with van der Waals surface area (Å²) in [5.74, 6) is 0.497. The van der Waals surface area contributed by atoms with Crippen LogP contribution in [0.3, 0.4) is 0 Å². The minimum Gasteiger partial charge on any atom is -0.406 e. The van der Waals surface area contributed by atoms with Crippen LogP contribution in [0.2, 0.25) is 0 Å². The number of halogens is 4. The maximum atomic E-state index is 12.5. The van der Waals surface area contributed by atoms with E-state index in [-0.39, 0.29) is 5.75 Å². The van der Waals surface area contributed by atoms with Crippen molar-refractivity contribution >= 4 is 33.4 Å². The highest BCUT2D eigenvalue weighted by atomic mass is 79.9. The number of ether oxygens (including phenoxy) is 1. The molecule has 1 heterocycles. The van der Waals surface area contributed by atoms with Crippen LogP contribution in [-0.4, -0.2) is 23.4 Å². The van der Waals surface area contributed by atoms with E-state index in [0.29, 0.717) is 23.0 Å². The van der Waals surface area contributed by atoms with E-state index in [4.69, 9.17) is 0 Å². The van der Waals surface area contributed by atoms with E-state index >= 15 is 0 Å². The maximum Gasteiger partial charge on any atom is 0.573 e. The number of alkyl halides is 3. The van der Waals surface area contributed by atoms with E-state index in [9.17, 15) is 13.2 Å². The lowest BCUT2D eigenvalue weighted by atomic mass is 10.1. The molecule has 0 fully saturated rings. The first kappa shape index (κ1) is 19.9. The molecule has 0 aliphatic rings. The van der Waals surface area contributed by atoms with Crippen LogP contribution >= 0.6 is 15.9 Å². The first-order chi connectivity index (χ1) is 13.2. The lowest BCUT2D eigenvalue weighted by Crippen LogP contribution is -2.17. The van der Waals surface area contributed by atoms with Crippen LogP contribution in [0.4, 0.5) is 30.6 Å². The molecule has 0 unspecified atom stereocenters. The third-order valence-corrected chi connectivity index (χ3v) is 4.36. The average molecular weight is 453 g/mol. The number of nitrogens with one attached hydrogen (secondary N) is 2. The molecule has 0 radical (unpaired) electrons. The lowest BCUT2D eigenvalue weighted by molar-refractivity contribution is -0.274. The molecule has 28 heavy (non-hydrogen) atoms. The molecule has 0 bridgehead atoms. The molecule has 2 N–H and O–H groups in total. The van der Waals surface area contributed by atoms with E-state index in [1.807, 2.05) is 25.1 Å². The van der Waals surface area contributed by atoms with Crippen molar-refractivity contribution < 1.29 is 17.9 Å². The van der Waals surface area contributed by atoms with Gasteiger partial charge in [0, 0.05) is 23.2 Å². The second-order valence-electron chi connectivity index (χ2n) is 5.90. The molecule has 0 atom stereocenters. The molecule has 5 nitrogen and oxygen atoms in total. The Labute approximate surface area is 168 Å². The Morgan fingerprint density at radius 1 is 1.04 bits per heavy atom. The molecule has 2 aromatic carbocycles. The summed E-state index contributed by atoms with van der Waals surface area (Å²) in [6.07, 6.45) is -4.76. The Balaban J connectivity index is 1.96. The summed E-state index contributed by atoms with van der Waals surface area (Å²) >= 11 is 3.50. The number of nitrogens with zero attached hydrogens (tertiary/aromatic N) is 2. The van der Waals surface area contributed by atoms with Crippen LogP contribution in [0.1, 0.15) is 5.56 Å². The molecule has 1 aromatic heterocycles. The monoisotopic (exact) mass is 452 g/mol. The van der Waals surface area contributed by atoms with Crippen LogP contribution in [-0.2, 0) is 0 Å². The molecule has 0 saturated carbocycles. The maximum absolute atomic E-state index is 12.5. The van der Waals surface area contributed by atoms with Gasteiger partial charge in [-0.1, -0.05) is 18.2 Å². The van der Waals surface area contributed by atoms with Crippen molar-refractivity contribution in [2.24, 2.45) is 0 Å². The topological polar surface area (TPSA) is 59.1 Å². The molecule has 0 aliphatic heterocycles. The molecule has 146 valence electrons. The standard InChI is InChI=1S/C19H16BrF3N4O/c1-11-6-7-15(14(20)8-11)25-17-10-16(26-18(24-2)27-17)12-4-3-5-13(9-12)28-19(21,22)23/h3-10H,1-2H3,(H2,24,25,26,27). The van der Waals surface area contributed by atoms with Crippen molar-refractivity contribution in [3.63, 3.8) is 0 Å². The summed E-state index contributed by atoms with van der Waals surface area (Å²) in [6, 6.07) is 13.1. The fourth-order valence-corrected chi connectivity index (χ4v) is 3.08. The van der Waals surface area contributed by atoms with Crippen LogP contribution in [0.5, 0.6) is 5.75 Å². The van der Waals surface area contributed by atoms with Gasteiger partial charge in [0.1, 0.15) is 11.6 Å². The van der Waals surface area contributed by atoms with Gasteiger partial charge in [-0.05, 0) is 52.7 Å². The molecular weight excluding hydrogens is 437 g/mol. The lowest BCUT2D eigenvalue weighted by Gasteiger charge is -2.13. The zero-order valence-corrected chi connectivity index (χ0v) is 16.5. The van der Waals surface area contributed by atoms with Crippen LogP contribution in [0.15, 0.2) is 53.0 Å². The van der Waals surface area contributed by atoms with Crippen LogP contribution in [0.25, 0.3) is 11.3 Å². The molecule has 3 aromatic rings. The first-order valence-corrected chi connectivity index (χ1v) is 8.99. The molecular formula is C19H16BrF3N4O. The quantitative estimate of drug-likeness (QED) is 0.504. The summed E-state index contributed by atoms with van der Waals surface area (Å²) in [5, 5.41) is 6.04. The zero-order chi connectivity index (χ0) is 20.3. The third kappa shape index (κ3) is 5.13. The van der Waals surface area contributed by atoms with E-state index in [1.165, 1.54) is 18.2 Å². The Bertz CT molecular complexity index is 995. The third-order valence-electron chi connectivity index (χ3n) is 3.70. The van der Waals surface area contributed by atoms with Crippen molar-refractivity contribution in [1.82, 2.24) is 9.97 Å². The van der Waals surface area contributed by atoms with Gasteiger partial charge in [0.25, 0.3) is 0 Å². The number of aromatic nitrogens is 2. The number of aryl methyl sites for hydroxylation is 1. The number of hydrogen-bond acceptors (Lipinski definition) is 5. The van der Waals surface area contributed by atoms with Crippen molar-refractivity contribution in [2.75, 3.05) is 17.7 Å². The zero-order valence-electron chi connectivity index (χ0n) is 14.9. The normalized spacial score (nSPS) is 11.2. The van der Waals surface area contributed by atoms with Gasteiger partial charge in [-0.25, -0.2) is 4.98 Å². The summed E-state index contributed by atoms with van der Waals surface area (Å²) in [5.41, 5.74) is 2.80. The molecule has 9 heteroatoms. The number of hydrogen-bond donors (Lipinski definition) is 2. The molecule has 0 aliphatic carbocycles. The molecule has 0 saturated heterocycles. The number of anilines is 3.